The van der Waals surface area contributed by atoms with Crippen molar-refractivity contribution >= 4 is 11.9 Å². The monoisotopic (exact) mass is 374 g/mol. The van der Waals surface area contributed by atoms with E-state index in [0.29, 0.717) is 17.6 Å². The molecule has 0 aliphatic rings. The Bertz CT molecular complexity index is 468. The van der Waals surface area contributed by atoms with Crippen molar-refractivity contribution in [3.05, 3.63) is 24.3 Å². The summed E-state index contributed by atoms with van der Waals surface area (Å²) < 4.78 is 9.74. The molecular weight excluding hydrogens is 340 g/mol. The van der Waals surface area contributed by atoms with Crippen LogP contribution in [-0.4, -0.2) is 60.3 Å². The minimum Gasteiger partial charge on any atom is -0.462 e. The zero-order chi connectivity index (χ0) is 21.0. The lowest BCUT2D eigenvalue weighted by molar-refractivity contribution is -0.145. The molecule has 0 aliphatic carbocycles. The third-order valence-corrected chi connectivity index (χ3v) is 3.65. The molecule has 7 heteroatoms. The molecule has 0 aliphatic heterocycles. The van der Waals surface area contributed by atoms with E-state index in [0.717, 1.165) is 0 Å². The summed E-state index contributed by atoms with van der Waals surface area (Å²) in [7, 11) is 0. The van der Waals surface area contributed by atoms with Gasteiger partial charge in [-0.2, -0.15) is 0 Å². The first-order chi connectivity index (χ1) is 11.9. The number of hydrogen-bond donors (Lipinski definition) is 3. The summed E-state index contributed by atoms with van der Waals surface area (Å²) in [5, 5.41) is 26.9. The molecule has 0 atom stereocenters. The first-order valence-corrected chi connectivity index (χ1v) is 8.38. The summed E-state index contributed by atoms with van der Waals surface area (Å²) in [6.07, 6.45) is 0.545. The molecule has 0 saturated heterocycles. The van der Waals surface area contributed by atoms with Crippen molar-refractivity contribution < 1.29 is 34.4 Å². The van der Waals surface area contributed by atoms with Crippen molar-refractivity contribution in [2.24, 2.45) is 10.8 Å². The third kappa shape index (κ3) is 11.0. The molecule has 0 radical (unpaired) electrons. The van der Waals surface area contributed by atoms with Gasteiger partial charge in [0.1, 0.15) is 6.61 Å². The topological polar surface area (TPSA) is 113 Å². The van der Waals surface area contributed by atoms with E-state index in [1.54, 1.807) is 13.8 Å². The van der Waals surface area contributed by atoms with Crippen molar-refractivity contribution in [1.82, 2.24) is 0 Å². The Labute approximate surface area is 156 Å². The van der Waals surface area contributed by atoms with E-state index in [1.165, 1.54) is 0 Å². The van der Waals surface area contributed by atoms with Crippen LogP contribution >= 0.6 is 0 Å². The van der Waals surface area contributed by atoms with Crippen LogP contribution in [0.3, 0.4) is 0 Å². The van der Waals surface area contributed by atoms with Gasteiger partial charge in [0.2, 0.25) is 0 Å². The van der Waals surface area contributed by atoms with Gasteiger partial charge in [0.15, 0.2) is 0 Å². The molecule has 0 heterocycles. The molecule has 0 aromatic heterocycles. The highest BCUT2D eigenvalue weighted by Crippen LogP contribution is 2.21. The van der Waals surface area contributed by atoms with Crippen LogP contribution in [0.1, 0.15) is 41.0 Å². The van der Waals surface area contributed by atoms with Crippen LogP contribution in [0, 0.1) is 10.8 Å². The number of aliphatic hydroxyl groups is 3. The predicted octanol–water partition coefficient (Wildman–Crippen LogP) is 1.61. The van der Waals surface area contributed by atoms with Gasteiger partial charge in [-0.1, -0.05) is 33.9 Å². The van der Waals surface area contributed by atoms with Crippen LogP contribution in [0.25, 0.3) is 0 Å². The smallest absolute Gasteiger partial charge is 0.333 e. The lowest BCUT2D eigenvalue weighted by Gasteiger charge is -2.27. The molecule has 0 rings (SSSR count). The second kappa shape index (κ2) is 12.6. The third-order valence-electron chi connectivity index (χ3n) is 3.65. The molecule has 26 heavy (non-hydrogen) atoms. The van der Waals surface area contributed by atoms with Gasteiger partial charge in [-0.05, 0) is 20.3 Å². The molecule has 0 bridgehead atoms. The molecule has 0 aromatic rings. The molecule has 0 fully saturated rings. The fraction of sp³-hybridized carbons (Fsp3) is 0.684. The first-order valence-electron chi connectivity index (χ1n) is 8.38. The Hall–Kier alpha value is -1.70. The second-order valence-electron chi connectivity index (χ2n) is 7.21. The summed E-state index contributed by atoms with van der Waals surface area (Å²) >= 11 is 0. The minimum absolute atomic E-state index is 0.00350. The fourth-order valence-corrected chi connectivity index (χ4v) is 1.24. The van der Waals surface area contributed by atoms with Crippen molar-refractivity contribution in [2.45, 2.75) is 41.0 Å². The highest BCUT2D eigenvalue weighted by Gasteiger charge is 2.28. The van der Waals surface area contributed by atoms with Gasteiger partial charge in [-0.15, -0.1) is 0 Å². The summed E-state index contributed by atoms with van der Waals surface area (Å²) in [6.45, 7) is 15.3. The van der Waals surface area contributed by atoms with Crippen molar-refractivity contribution in [3.63, 3.8) is 0 Å². The van der Waals surface area contributed by atoms with Gasteiger partial charge in [0, 0.05) is 16.6 Å². The first kappa shape index (κ1) is 26.5. The number of aliphatic hydroxyl groups excluding tert-OH is 3. The molecule has 0 unspecified atom stereocenters. The average molecular weight is 374 g/mol. The van der Waals surface area contributed by atoms with Crippen LogP contribution < -0.4 is 0 Å². The maximum atomic E-state index is 11.1. The zero-order valence-corrected chi connectivity index (χ0v) is 16.6. The summed E-state index contributed by atoms with van der Waals surface area (Å²) in [5.41, 5.74) is -0.412. The quantitative estimate of drug-likeness (QED) is 0.393. The van der Waals surface area contributed by atoms with Gasteiger partial charge in [0.25, 0.3) is 0 Å². The Kier molecular flexibility index (Phi) is 12.9. The Morgan fingerprint density at radius 2 is 1.23 bits per heavy atom. The summed E-state index contributed by atoms with van der Waals surface area (Å²) in [4.78, 5) is 22.0. The SMILES string of the molecule is C=C(C)C(=O)OCC(C)(C)CO.C=C(C)C(=O)OCC(CC)(CO)CO. The molecule has 0 saturated carbocycles. The van der Waals surface area contributed by atoms with E-state index >= 15 is 0 Å². The van der Waals surface area contributed by atoms with E-state index in [1.807, 2.05) is 20.8 Å². The van der Waals surface area contributed by atoms with Gasteiger partial charge in [0.05, 0.1) is 31.8 Å². The summed E-state index contributed by atoms with van der Waals surface area (Å²) in [6, 6.07) is 0. The molecule has 3 N–H and O–H groups in total. The zero-order valence-electron chi connectivity index (χ0n) is 16.6. The largest absolute Gasteiger partial charge is 0.462 e. The molecule has 0 aromatic carbocycles. The van der Waals surface area contributed by atoms with Gasteiger partial charge in [-0.25, -0.2) is 9.59 Å². The van der Waals surface area contributed by atoms with Gasteiger partial charge < -0.3 is 24.8 Å². The van der Waals surface area contributed by atoms with Gasteiger partial charge >= 0.3 is 11.9 Å². The van der Waals surface area contributed by atoms with E-state index in [2.05, 4.69) is 13.2 Å². The second-order valence-corrected chi connectivity index (χ2v) is 7.21. The Balaban J connectivity index is 0. The van der Waals surface area contributed by atoms with Crippen LogP contribution in [0.15, 0.2) is 24.3 Å². The Morgan fingerprint density at radius 1 is 0.846 bits per heavy atom. The Morgan fingerprint density at radius 3 is 1.50 bits per heavy atom. The molecule has 0 amide bonds. The number of rotatable bonds is 10. The van der Waals surface area contributed by atoms with Crippen LogP contribution in [0.5, 0.6) is 0 Å². The van der Waals surface area contributed by atoms with Crippen LogP contribution in [0.2, 0.25) is 0 Å². The predicted molar refractivity (Wildman–Crippen MR) is 99.3 cm³/mol. The van der Waals surface area contributed by atoms with E-state index in [-0.39, 0.29) is 38.4 Å². The number of hydrogen-bond acceptors (Lipinski definition) is 7. The van der Waals surface area contributed by atoms with Gasteiger partial charge in [-0.3, -0.25) is 0 Å². The lowest BCUT2D eigenvalue weighted by atomic mass is 9.88. The molecular formula is C19H34O7. The van der Waals surface area contributed by atoms with E-state index in [9.17, 15) is 9.59 Å². The molecule has 0 spiro atoms. The lowest BCUT2D eigenvalue weighted by Crippen LogP contribution is -2.35. The van der Waals surface area contributed by atoms with Crippen LogP contribution in [-0.2, 0) is 19.1 Å². The number of carbonyl (C=O) groups is 2. The maximum Gasteiger partial charge on any atom is 0.333 e. The number of esters is 2. The normalized spacial score (nSPS) is 11.1. The highest BCUT2D eigenvalue weighted by molar-refractivity contribution is 5.87. The molecule has 152 valence electrons. The van der Waals surface area contributed by atoms with Crippen molar-refractivity contribution in [3.8, 4) is 0 Å². The maximum absolute atomic E-state index is 11.1. The average Bonchev–Trinajstić information content (AvgIpc) is 2.61. The fourth-order valence-electron chi connectivity index (χ4n) is 1.24. The number of ether oxygens (including phenoxy) is 2. The van der Waals surface area contributed by atoms with Crippen LogP contribution in [0.4, 0.5) is 0 Å². The van der Waals surface area contributed by atoms with Crippen molar-refractivity contribution in [1.29, 1.82) is 0 Å². The number of carbonyl (C=O) groups excluding carboxylic acids is 2. The van der Waals surface area contributed by atoms with E-state index in [4.69, 9.17) is 24.8 Å². The standard InChI is InChI=1S/C10H18O4.C9H16O3/c1-4-10(5-11,6-12)7-14-9(13)8(2)3;1-7(2)8(11)12-6-9(3,4)5-10/h11-12H,2,4-7H2,1,3H3;10H,1,5-6H2,2-4H3. The van der Waals surface area contributed by atoms with E-state index < -0.39 is 17.4 Å². The molecule has 7 nitrogen and oxygen atoms in total. The summed E-state index contributed by atoms with van der Waals surface area (Å²) in [5.74, 6) is -0.902. The minimum atomic E-state index is -0.731. The highest BCUT2D eigenvalue weighted by atomic mass is 16.5. The van der Waals surface area contributed by atoms with Crippen molar-refractivity contribution in [2.75, 3.05) is 33.0 Å².